The zero-order valence-corrected chi connectivity index (χ0v) is 39.2. The first-order valence-corrected chi connectivity index (χ1v) is 25.6. The van der Waals surface area contributed by atoms with Crippen molar-refractivity contribution in [2.75, 3.05) is 33.0 Å². The molecule has 0 bridgehead atoms. The number of nitrogens with zero attached hydrogens (tertiary/aromatic N) is 3. The number of fused-ring (bicyclic) bond motifs is 4. The fourth-order valence-corrected chi connectivity index (χ4v) is 12.9. The molecule has 9 rings (SSSR count). The first-order valence-electron chi connectivity index (χ1n) is 24.2. The number of hydrogen-bond donors (Lipinski definition) is 2. The number of aromatic nitrogens is 1. The summed E-state index contributed by atoms with van der Waals surface area (Å²) in [6, 6.07) is 28.1. The molecule has 4 aliphatic rings. The van der Waals surface area contributed by atoms with Crippen molar-refractivity contribution in [3.63, 3.8) is 0 Å². The summed E-state index contributed by atoms with van der Waals surface area (Å²) in [7, 11) is -4.30. The molecule has 1 aromatic heterocycles. The Hall–Kier alpha value is -5.15. The molecular weight excluding hydrogens is 867 g/mol. The van der Waals surface area contributed by atoms with Crippen LogP contribution in [0.2, 0.25) is 0 Å². The van der Waals surface area contributed by atoms with Gasteiger partial charge in [-0.15, -0.1) is 6.58 Å². The van der Waals surface area contributed by atoms with Crippen LogP contribution in [-0.2, 0) is 24.3 Å². The standard InChI is InChI=1S/C54H63N3O9S/c1-3-28-57(67(60,61)48-21-13-18-38-19-14-27-55-53(38)48)49-36-46(56-66-50-22-9-12-32-62-50)44-34-40(17-7-10-29-58)43(20-8-11-30-59)51-45-35-42(64-41-24-23-37-15-5-6-16-39(37)33-41)25-26-47(45)65-54(49,52(44)51)63-31-4-2/h4-6,13-16,18-19,21,23-27,33-35,40,43,49-52,58-59H,2-3,7-12,17,20,22,28-32,36H2,1H3/t40-,43+,49-,50?,51+,52+,54+/m0/s1. The summed E-state index contributed by atoms with van der Waals surface area (Å²) >= 11 is 0. The zero-order chi connectivity index (χ0) is 46.4. The highest BCUT2D eigenvalue weighted by Crippen LogP contribution is 2.62. The number of ether oxygens (including phenoxy) is 4. The molecular formula is C54H63N3O9S. The molecule has 7 atom stereocenters. The molecule has 2 N–H and O–H groups in total. The number of allylic oxidation sites excluding steroid dienone is 1. The summed E-state index contributed by atoms with van der Waals surface area (Å²) in [6.07, 6.45) is 12.7. The van der Waals surface area contributed by atoms with E-state index in [0.29, 0.717) is 66.2 Å². The Morgan fingerprint density at radius 3 is 2.48 bits per heavy atom. The molecule has 2 aliphatic carbocycles. The number of hydrogen-bond acceptors (Lipinski definition) is 11. The van der Waals surface area contributed by atoms with Crippen molar-refractivity contribution in [1.29, 1.82) is 0 Å². The van der Waals surface area contributed by atoms with E-state index in [1.807, 2.05) is 55.5 Å². The number of benzene rings is 4. The Morgan fingerprint density at radius 2 is 1.69 bits per heavy atom. The van der Waals surface area contributed by atoms with Crippen molar-refractivity contribution in [2.24, 2.45) is 22.9 Å². The molecule has 354 valence electrons. The van der Waals surface area contributed by atoms with Gasteiger partial charge in [0.1, 0.15) is 22.1 Å². The number of pyridine rings is 1. The van der Waals surface area contributed by atoms with E-state index in [1.54, 1.807) is 34.8 Å². The Balaban J connectivity index is 1.26. The van der Waals surface area contributed by atoms with Gasteiger partial charge in [0.15, 0.2) is 0 Å². The van der Waals surface area contributed by atoms with E-state index >= 15 is 8.42 Å². The van der Waals surface area contributed by atoms with Crippen LogP contribution < -0.4 is 9.47 Å². The number of oxime groups is 1. The molecule has 0 radical (unpaired) electrons. The van der Waals surface area contributed by atoms with Gasteiger partial charge in [-0.3, -0.25) is 4.98 Å². The van der Waals surface area contributed by atoms with Gasteiger partial charge in [0.05, 0.1) is 36.4 Å². The predicted octanol–water partition coefficient (Wildman–Crippen LogP) is 10.4. The number of aliphatic hydroxyl groups excluding tert-OH is 2. The summed E-state index contributed by atoms with van der Waals surface area (Å²) in [4.78, 5) is 11.0. The molecule has 1 saturated heterocycles. The second kappa shape index (κ2) is 21.0. The van der Waals surface area contributed by atoms with Gasteiger partial charge in [0.25, 0.3) is 0 Å². The van der Waals surface area contributed by atoms with Crippen molar-refractivity contribution in [3.05, 3.63) is 127 Å². The van der Waals surface area contributed by atoms with E-state index in [0.717, 1.165) is 60.4 Å². The third kappa shape index (κ3) is 9.51. The smallest absolute Gasteiger partial charge is 0.245 e. The number of sulfonamides is 1. The average molecular weight is 930 g/mol. The summed E-state index contributed by atoms with van der Waals surface area (Å²) < 4.78 is 60.2. The van der Waals surface area contributed by atoms with Gasteiger partial charge < -0.3 is 34.0 Å². The van der Waals surface area contributed by atoms with Gasteiger partial charge in [-0.05, 0) is 116 Å². The molecule has 3 heterocycles. The Morgan fingerprint density at radius 1 is 0.910 bits per heavy atom. The minimum Gasteiger partial charge on any atom is -0.460 e. The molecule has 13 heteroatoms. The average Bonchev–Trinajstić information content (AvgIpc) is 3.35. The van der Waals surface area contributed by atoms with Gasteiger partial charge in [0.2, 0.25) is 22.1 Å². The van der Waals surface area contributed by atoms with Crippen molar-refractivity contribution >= 4 is 37.4 Å². The van der Waals surface area contributed by atoms with Crippen molar-refractivity contribution in [3.8, 4) is 17.2 Å². The molecule has 4 aromatic carbocycles. The normalized spacial score (nSPS) is 25.3. The second-order valence-electron chi connectivity index (χ2n) is 18.2. The van der Waals surface area contributed by atoms with Gasteiger partial charge >= 0.3 is 0 Å². The molecule has 5 aromatic rings. The summed E-state index contributed by atoms with van der Waals surface area (Å²) in [5.41, 5.74) is 2.82. The SMILES string of the molecule is C=CCO[C@@]12Oc3ccc(Oc4ccc5ccccc5c4)cc3[C@H]3[C@H](CCCCO)[C@@H](CCCCO)C=C(C(=NOC4CCCCO4)C[C@@H]1N(CCC)S(=O)(=O)c1cccc4cccnc14)[C@H]32. The number of para-hydroxylation sites is 1. The molecule has 1 unspecified atom stereocenters. The minimum atomic E-state index is -4.30. The topological polar surface area (TPSA) is 149 Å². The van der Waals surface area contributed by atoms with Crippen LogP contribution in [0.25, 0.3) is 21.7 Å². The highest BCUT2D eigenvalue weighted by Gasteiger charge is 2.66. The van der Waals surface area contributed by atoms with E-state index in [-0.39, 0.29) is 55.4 Å². The number of aliphatic hydroxyl groups is 2. The summed E-state index contributed by atoms with van der Waals surface area (Å²) in [5.74, 6) is -0.529. The third-order valence-electron chi connectivity index (χ3n) is 14.0. The quantitative estimate of drug-likeness (QED) is 0.0439. The van der Waals surface area contributed by atoms with Crippen molar-refractivity contribution < 1.29 is 42.4 Å². The van der Waals surface area contributed by atoms with Crippen LogP contribution in [0, 0.1) is 17.8 Å². The second-order valence-corrected chi connectivity index (χ2v) is 20.1. The largest absolute Gasteiger partial charge is 0.460 e. The fraction of sp³-hybridized carbons (Fsp3) is 0.444. The Labute approximate surface area is 394 Å². The van der Waals surface area contributed by atoms with Gasteiger partial charge in [-0.1, -0.05) is 85.6 Å². The third-order valence-corrected chi connectivity index (χ3v) is 15.9. The Kier molecular flexibility index (Phi) is 14.7. The van der Waals surface area contributed by atoms with Crippen LogP contribution >= 0.6 is 0 Å². The molecule has 1 saturated carbocycles. The van der Waals surface area contributed by atoms with Crippen molar-refractivity contribution in [1.82, 2.24) is 9.29 Å². The molecule has 0 spiro atoms. The van der Waals surface area contributed by atoms with Gasteiger partial charge in [-0.25, -0.2) is 8.42 Å². The van der Waals surface area contributed by atoms with Gasteiger partial charge in [0, 0.05) is 55.7 Å². The van der Waals surface area contributed by atoms with E-state index in [1.165, 1.54) is 0 Å². The van der Waals surface area contributed by atoms with Crippen LogP contribution in [0.1, 0.15) is 89.0 Å². The lowest BCUT2D eigenvalue weighted by atomic mass is 9.55. The van der Waals surface area contributed by atoms with E-state index in [4.69, 9.17) is 28.9 Å². The molecule has 0 amide bonds. The van der Waals surface area contributed by atoms with Crippen LogP contribution in [0.4, 0.5) is 0 Å². The Bertz CT molecular complexity index is 2700. The molecule has 2 aliphatic heterocycles. The molecule has 67 heavy (non-hydrogen) atoms. The fourth-order valence-electron chi connectivity index (χ4n) is 11.0. The lowest BCUT2D eigenvalue weighted by Crippen LogP contribution is -2.70. The summed E-state index contributed by atoms with van der Waals surface area (Å²) in [5, 5.41) is 28.0. The van der Waals surface area contributed by atoms with E-state index in [2.05, 4.69) is 41.9 Å². The van der Waals surface area contributed by atoms with Crippen LogP contribution in [0.15, 0.2) is 132 Å². The van der Waals surface area contributed by atoms with Crippen molar-refractivity contribution in [2.45, 2.75) is 106 Å². The monoisotopic (exact) mass is 929 g/mol. The molecule has 12 nitrogen and oxygen atoms in total. The maximum atomic E-state index is 15.7. The molecule has 2 fully saturated rings. The highest BCUT2D eigenvalue weighted by molar-refractivity contribution is 7.89. The first kappa shape index (κ1) is 46.9. The zero-order valence-electron chi connectivity index (χ0n) is 38.4. The number of unbranched alkanes of at least 4 members (excludes halogenated alkanes) is 2. The van der Waals surface area contributed by atoms with E-state index in [9.17, 15) is 10.2 Å². The maximum absolute atomic E-state index is 15.7. The number of rotatable bonds is 20. The van der Waals surface area contributed by atoms with Crippen LogP contribution in [-0.4, -0.2) is 84.7 Å². The van der Waals surface area contributed by atoms with Crippen LogP contribution in [0.3, 0.4) is 0 Å². The first-order chi connectivity index (χ1) is 32.8. The predicted molar refractivity (Wildman–Crippen MR) is 260 cm³/mol. The van der Waals surface area contributed by atoms with Gasteiger partial charge in [-0.2, -0.15) is 4.31 Å². The van der Waals surface area contributed by atoms with Crippen LogP contribution in [0.5, 0.6) is 17.2 Å². The lowest BCUT2D eigenvalue weighted by Gasteiger charge is -2.59. The van der Waals surface area contributed by atoms with E-state index < -0.39 is 34.1 Å². The highest BCUT2D eigenvalue weighted by atomic mass is 32.2. The lowest BCUT2D eigenvalue weighted by molar-refractivity contribution is -0.251. The summed E-state index contributed by atoms with van der Waals surface area (Å²) in [6.45, 7) is 7.00. The maximum Gasteiger partial charge on any atom is 0.245 e. The minimum absolute atomic E-state index is 0.00892.